The highest BCUT2D eigenvalue weighted by Crippen LogP contribution is 2.22. The van der Waals surface area contributed by atoms with Crippen molar-refractivity contribution >= 4 is 29.7 Å². The lowest BCUT2D eigenvalue weighted by Gasteiger charge is -2.36. The van der Waals surface area contributed by atoms with Crippen LogP contribution in [0.15, 0.2) is 36.4 Å². The van der Waals surface area contributed by atoms with Gasteiger partial charge in [-0.15, -0.1) is 0 Å². The number of carbonyl (C=O) groups is 5. The average molecular weight is 614 g/mol. The first-order valence-corrected chi connectivity index (χ1v) is 14.6. The minimum Gasteiger partial charge on any atom is -0.481 e. The average Bonchev–Trinajstić information content (AvgIpc) is 3.40. The molecule has 13 nitrogen and oxygen atoms in total. The van der Waals surface area contributed by atoms with E-state index in [0.29, 0.717) is 5.69 Å². The molecule has 0 unspecified atom stereocenters. The zero-order chi connectivity index (χ0) is 32.7. The fourth-order valence-electron chi connectivity index (χ4n) is 4.14. The molecule has 3 rings (SSSR count). The fraction of sp³-hybridized carbons (Fsp3) is 0.548. The number of Topliss-reactive ketones (excluding diaryl/α,β-unsaturated/α-hetero) is 1. The Hall–Kier alpha value is -4.42. The van der Waals surface area contributed by atoms with Crippen LogP contribution in [0.5, 0.6) is 5.88 Å². The molecule has 2 heterocycles. The van der Waals surface area contributed by atoms with Gasteiger partial charge in [-0.05, 0) is 24.0 Å². The molecular formula is C31H43N5O8. The quantitative estimate of drug-likeness (QED) is 0.388. The Labute approximate surface area is 257 Å². The van der Waals surface area contributed by atoms with Gasteiger partial charge in [0.1, 0.15) is 12.6 Å². The van der Waals surface area contributed by atoms with Crippen molar-refractivity contribution in [2.75, 3.05) is 39.4 Å². The van der Waals surface area contributed by atoms with E-state index < -0.39 is 35.3 Å². The lowest BCUT2D eigenvalue weighted by Crippen LogP contribution is -2.56. The summed E-state index contributed by atoms with van der Waals surface area (Å²) in [6.07, 6.45) is -0.951. The molecule has 1 aromatic carbocycles. The molecule has 3 amide bonds. The van der Waals surface area contributed by atoms with Gasteiger partial charge in [-0.3, -0.25) is 19.2 Å². The predicted molar refractivity (Wildman–Crippen MR) is 161 cm³/mol. The Morgan fingerprint density at radius 3 is 2.14 bits per heavy atom. The standard InChI is InChI=1S/C31H43N5O8/c1-30(2,3)20-44-29(42)35-16-14-34(15-17-35)28(41)22(12-13-26(38)39)32-27(40)23-18-25(43-19-24(37)31(4,5)6)36(33-23)21-10-8-7-9-11-21/h7-11,18,22H,12-17,19-20H2,1-6H3,(H,32,40)(H,38,39)/t22-/m0/s1. The summed E-state index contributed by atoms with van der Waals surface area (Å²) in [5.41, 5.74) is -0.307. The maximum Gasteiger partial charge on any atom is 0.409 e. The van der Waals surface area contributed by atoms with Crippen molar-refractivity contribution < 1.29 is 38.6 Å². The Kier molecular flexibility index (Phi) is 11.1. The van der Waals surface area contributed by atoms with Gasteiger partial charge in [-0.2, -0.15) is 5.10 Å². The Bertz CT molecular complexity index is 1340. The van der Waals surface area contributed by atoms with Gasteiger partial charge in [0.25, 0.3) is 5.91 Å². The minimum absolute atomic E-state index is 0.0772. The first-order chi connectivity index (χ1) is 20.5. The number of benzene rings is 1. The molecule has 2 N–H and O–H groups in total. The number of nitrogens with one attached hydrogen (secondary N) is 1. The normalized spacial score (nSPS) is 14.5. The smallest absolute Gasteiger partial charge is 0.409 e. The van der Waals surface area contributed by atoms with Crippen molar-refractivity contribution in [1.29, 1.82) is 0 Å². The topological polar surface area (TPSA) is 160 Å². The van der Waals surface area contributed by atoms with E-state index in [1.165, 1.54) is 20.5 Å². The van der Waals surface area contributed by atoms with Gasteiger partial charge in [0, 0.05) is 44.1 Å². The number of ether oxygens (including phenoxy) is 2. The highest BCUT2D eigenvalue weighted by molar-refractivity contribution is 5.96. The number of hydrogen-bond donors (Lipinski definition) is 2. The molecule has 0 bridgehead atoms. The Morgan fingerprint density at radius 2 is 1.57 bits per heavy atom. The monoisotopic (exact) mass is 613 g/mol. The number of piperazine rings is 1. The summed E-state index contributed by atoms with van der Waals surface area (Å²) in [6, 6.07) is 9.12. The van der Waals surface area contributed by atoms with Gasteiger partial charge in [0.2, 0.25) is 11.8 Å². The fourth-order valence-corrected chi connectivity index (χ4v) is 4.14. The van der Waals surface area contributed by atoms with Crippen LogP contribution in [0.2, 0.25) is 0 Å². The maximum absolute atomic E-state index is 13.5. The lowest BCUT2D eigenvalue weighted by atomic mass is 9.91. The van der Waals surface area contributed by atoms with Crippen LogP contribution in [0, 0.1) is 10.8 Å². The molecule has 1 saturated heterocycles. The molecular weight excluding hydrogens is 570 g/mol. The SMILES string of the molecule is CC(C)(C)COC(=O)N1CCN(C(=O)[C@H](CCC(=O)O)NC(=O)c2cc(OCC(=O)C(C)(C)C)n(-c3ccccc3)n2)CC1. The maximum atomic E-state index is 13.5. The number of nitrogens with zero attached hydrogens (tertiary/aromatic N) is 4. The molecule has 240 valence electrons. The van der Waals surface area contributed by atoms with E-state index in [1.54, 1.807) is 45.0 Å². The number of amides is 3. The van der Waals surface area contributed by atoms with E-state index in [2.05, 4.69) is 10.4 Å². The third-order valence-electron chi connectivity index (χ3n) is 6.83. The largest absolute Gasteiger partial charge is 0.481 e. The summed E-state index contributed by atoms with van der Waals surface area (Å²) in [5.74, 6) is -2.28. The van der Waals surface area contributed by atoms with Crippen molar-refractivity contribution in [2.45, 2.75) is 60.4 Å². The molecule has 1 aliphatic rings. The molecule has 0 radical (unpaired) electrons. The van der Waals surface area contributed by atoms with Gasteiger partial charge < -0.3 is 29.7 Å². The van der Waals surface area contributed by atoms with E-state index in [4.69, 9.17) is 9.47 Å². The number of aliphatic carboxylic acids is 1. The van der Waals surface area contributed by atoms with E-state index >= 15 is 0 Å². The number of ketones is 1. The van der Waals surface area contributed by atoms with Crippen molar-refractivity contribution in [3.8, 4) is 11.6 Å². The second kappa shape index (κ2) is 14.4. The Balaban J connectivity index is 1.74. The van der Waals surface area contributed by atoms with Gasteiger partial charge >= 0.3 is 12.1 Å². The molecule has 0 aliphatic carbocycles. The van der Waals surface area contributed by atoms with Crippen molar-refractivity contribution in [2.24, 2.45) is 10.8 Å². The number of aromatic nitrogens is 2. The molecule has 1 atom stereocenters. The van der Waals surface area contributed by atoms with Crippen molar-refractivity contribution in [3.05, 3.63) is 42.1 Å². The zero-order valence-corrected chi connectivity index (χ0v) is 26.3. The number of carboxylic acid groups (broad SMARTS) is 1. The van der Waals surface area contributed by atoms with Crippen LogP contribution >= 0.6 is 0 Å². The summed E-state index contributed by atoms with van der Waals surface area (Å²) in [6.45, 7) is 12.1. The molecule has 13 heteroatoms. The van der Waals surface area contributed by atoms with Crippen LogP contribution in [-0.4, -0.2) is 99.8 Å². The van der Waals surface area contributed by atoms with Gasteiger partial charge in [-0.1, -0.05) is 59.7 Å². The summed E-state index contributed by atoms with van der Waals surface area (Å²) >= 11 is 0. The second-order valence-corrected chi connectivity index (χ2v) is 13.0. The Morgan fingerprint density at radius 1 is 0.955 bits per heavy atom. The summed E-state index contributed by atoms with van der Waals surface area (Å²) in [7, 11) is 0. The number of carboxylic acids is 1. The number of hydrogen-bond acceptors (Lipinski definition) is 8. The van der Waals surface area contributed by atoms with Gasteiger partial charge in [0.15, 0.2) is 11.5 Å². The zero-order valence-electron chi connectivity index (χ0n) is 26.3. The summed E-state index contributed by atoms with van der Waals surface area (Å²) < 4.78 is 12.5. The van der Waals surface area contributed by atoms with Crippen LogP contribution in [-0.2, 0) is 19.1 Å². The first kappa shape index (κ1) is 34.1. The highest BCUT2D eigenvalue weighted by atomic mass is 16.6. The van der Waals surface area contributed by atoms with E-state index in [0.717, 1.165) is 0 Å². The third kappa shape index (κ3) is 9.81. The lowest BCUT2D eigenvalue weighted by molar-refractivity contribution is -0.138. The molecule has 44 heavy (non-hydrogen) atoms. The van der Waals surface area contributed by atoms with Gasteiger partial charge in [-0.25, -0.2) is 9.48 Å². The highest BCUT2D eigenvalue weighted by Gasteiger charge is 2.32. The first-order valence-electron chi connectivity index (χ1n) is 14.6. The second-order valence-electron chi connectivity index (χ2n) is 13.0. The van der Waals surface area contributed by atoms with Crippen molar-refractivity contribution in [1.82, 2.24) is 24.9 Å². The van der Waals surface area contributed by atoms with Crippen LogP contribution in [0.1, 0.15) is 64.9 Å². The van der Waals surface area contributed by atoms with Crippen LogP contribution in [0.25, 0.3) is 5.69 Å². The number of para-hydroxylation sites is 1. The van der Waals surface area contributed by atoms with Crippen molar-refractivity contribution in [3.63, 3.8) is 0 Å². The number of rotatable bonds is 11. The van der Waals surface area contributed by atoms with Crippen LogP contribution in [0.3, 0.4) is 0 Å². The summed E-state index contributed by atoms with van der Waals surface area (Å²) in [4.78, 5) is 66.2. The molecule has 1 fully saturated rings. The predicted octanol–water partition coefficient (Wildman–Crippen LogP) is 3.16. The molecule has 1 aliphatic heterocycles. The van der Waals surface area contributed by atoms with E-state index in [-0.39, 0.29) is 75.0 Å². The third-order valence-corrected chi connectivity index (χ3v) is 6.83. The minimum atomic E-state index is -1.15. The molecule has 0 spiro atoms. The van der Waals surface area contributed by atoms with Crippen LogP contribution in [0.4, 0.5) is 4.79 Å². The summed E-state index contributed by atoms with van der Waals surface area (Å²) in [5, 5.41) is 16.3. The van der Waals surface area contributed by atoms with E-state index in [9.17, 15) is 29.1 Å². The molecule has 0 saturated carbocycles. The van der Waals surface area contributed by atoms with E-state index in [1.807, 2.05) is 26.8 Å². The van der Waals surface area contributed by atoms with Gasteiger partial charge in [0.05, 0.1) is 12.3 Å². The molecule has 2 aromatic rings. The number of carbonyl (C=O) groups excluding carboxylic acids is 4. The van der Waals surface area contributed by atoms with Crippen LogP contribution < -0.4 is 10.1 Å². The molecule has 1 aromatic heterocycles.